The number of rotatable bonds is 4. The molecule has 1 saturated heterocycles. The van der Waals surface area contributed by atoms with Crippen LogP contribution >= 0.6 is 12.4 Å². The normalized spacial score (nSPS) is 22.7. The lowest BCUT2D eigenvalue weighted by Gasteiger charge is -2.23. The second kappa shape index (κ2) is 7.91. The number of hydrogen-bond donors (Lipinski definition) is 2. The van der Waals surface area contributed by atoms with Gasteiger partial charge in [-0.1, -0.05) is 6.92 Å². The molecule has 1 rings (SSSR count). The predicted molar refractivity (Wildman–Crippen MR) is 62.4 cm³/mol. The molecule has 0 bridgehead atoms. The maximum Gasteiger partial charge on any atom is 0.221 e. The van der Waals surface area contributed by atoms with Crippen LogP contribution in [0.25, 0.3) is 0 Å². The molecule has 1 heterocycles. The highest BCUT2D eigenvalue weighted by Gasteiger charge is 2.17. The van der Waals surface area contributed by atoms with Gasteiger partial charge in [-0.05, 0) is 13.3 Å². The third-order valence-electron chi connectivity index (χ3n) is 2.45. The minimum atomic E-state index is 0. The Hall–Kier alpha value is -0.320. The van der Waals surface area contributed by atoms with Crippen LogP contribution in [0.4, 0.5) is 0 Å². The van der Waals surface area contributed by atoms with Crippen molar-refractivity contribution >= 4 is 18.3 Å². The van der Waals surface area contributed by atoms with Gasteiger partial charge in [0.15, 0.2) is 0 Å². The Labute approximate surface area is 97.5 Å². The first-order valence-electron chi connectivity index (χ1n) is 5.33. The van der Waals surface area contributed by atoms with Crippen LogP contribution in [0.1, 0.15) is 26.7 Å². The van der Waals surface area contributed by atoms with Crippen molar-refractivity contribution in [2.75, 3.05) is 19.8 Å². The molecule has 0 aromatic heterocycles. The molecule has 2 atom stereocenters. The summed E-state index contributed by atoms with van der Waals surface area (Å²) in [5.74, 6) is 0.113. The van der Waals surface area contributed by atoms with Crippen molar-refractivity contribution in [2.24, 2.45) is 0 Å². The first-order valence-corrected chi connectivity index (χ1v) is 5.33. The molecule has 0 saturated carbocycles. The summed E-state index contributed by atoms with van der Waals surface area (Å²) in [4.78, 5) is 11.5. The summed E-state index contributed by atoms with van der Waals surface area (Å²) in [5.41, 5.74) is 0. The fraction of sp³-hybridized carbons (Fsp3) is 0.900. The zero-order chi connectivity index (χ0) is 10.4. The maximum atomic E-state index is 11.5. The van der Waals surface area contributed by atoms with E-state index in [1.807, 2.05) is 6.92 Å². The lowest BCUT2D eigenvalue weighted by Crippen LogP contribution is -2.45. The van der Waals surface area contributed by atoms with E-state index in [-0.39, 0.29) is 30.4 Å². The van der Waals surface area contributed by atoms with E-state index in [0.717, 1.165) is 19.6 Å². The molecular formula is C10H21ClN2O2. The van der Waals surface area contributed by atoms with E-state index < -0.39 is 0 Å². The largest absolute Gasteiger partial charge is 0.378 e. The minimum Gasteiger partial charge on any atom is -0.378 e. The van der Waals surface area contributed by atoms with Crippen LogP contribution in [0.5, 0.6) is 0 Å². The van der Waals surface area contributed by atoms with Gasteiger partial charge in [-0.15, -0.1) is 12.4 Å². The molecule has 0 radical (unpaired) electrons. The summed E-state index contributed by atoms with van der Waals surface area (Å²) >= 11 is 0. The van der Waals surface area contributed by atoms with E-state index in [1.54, 1.807) is 0 Å². The topological polar surface area (TPSA) is 50.4 Å². The summed E-state index contributed by atoms with van der Waals surface area (Å²) in [6.07, 6.45) is 1.49. The van der Waals surface area contributed by atoms with Gasteiger partial charge in [0, 0.05) is 25.0 Å². The van der Waals surface area contributed by atoms with Crippen LogP contribution in [0.3, 0.4) is 0 Å². The number of carbonyl (C=O) groups excluding carboxylic acids is 1. The van der Waals surface area contributed by atoms with Crippen LogP contribution < -0.4 is 10.6 Å². The van der Waals surface area contributed by atoms with Gasteiger partial charge in [-0.2, -0.15) is 0 Å². The third-order valence-corrected chi connectivity index (χ3v) is 2.45. The molecule has 0 aliphatic carbocycles. The van der Waals surface area contributed by atoms with Gasteiger partial charge in [-0.3, -0.25) is 4.79 Å². The number of carbonyl (C=O) groups is 1. The summed E-state index contributed by atoms with van der Waals surface area (Å²) < 4.78 is 5.27. The first-order chi connectivity index (χ1) is 6.72. The molecule has 0 aromatic rings. The fourth-order valence-corrected chi connectivity index (χ4v) is 1.41. The van der Waals surface area contributed by atoms with E-state index in [2.05, 4.69) is 17.6 Å². The van der Waals surface area contributed by atoms with Gasteiger partial charge < -0.3 is 15.4 Å². The summed E-state index contributed by atoms with van der Waals surface area (Å²) in [5, 5.41) is 6.20. The van der Waals surface area contributed by atoms with Crippen molar-refractivity contribution in [3.8, 4) is 0 Å². The van der Waals surface area contributed by atoms with Gasteiger partial charge in [0.1, 0.15) is 0 Å². The average Bonchev–Trinajstić information content (AvgIpc) is 2.19. The number of halogens is 1. The number of nitrogens with one attached hydrogen (secondary N) is 2. The van der Waals surface area contributed by atoms with Crippen molar-refractivity contribution in [3.63, 3.8) is 0 Å². The number of hydrogen-bond acceptors (Lipinski definition) is 3. The molecule has 1 amide bonds. The van der Waals surface area contributed by atoms with Gasteiger partial charge in [0.2, 0.25) is 5.91 Å². The monoisotopic (exact) mass is 236 g/mol. The Morgan fingerprint density at radius 2 is 2.40 bits per heavy atom. The van der Waals surface area contributed by atoms with Crippen molar-refractivity contribution in [1.29, 1.82) is 0 Å². The number of ether oxygens (including phenoxy) is 1. The molecule has 90 valence electrons. The Kier molecular flexibility index (Phi) is 7.74. The molecule has 0 aromatic carbocycles. The van der Waals surface area contributed by atoms with Gasteiger partial charge >= 0.3 is 0 Å². The Morgan fingerprint density at radius 3 is 2.93 bits per heavy atom. The summed E-state index contributed by atoms with van der Waals surface area (Å²) in [7, 11) is 0. The quantitative estimate of drug-likeness (QED) is 0.756. The lowest BCUT2D eigenvalue weighted by atomic mass is 10.1. The van der Waals surface area contributed by atoms with E-state index in [4.69, 9.17) is 4.74 Å². The molecule has 2 unspecified atom stereocenters. The highest BCUT2D eigenvalue weighted by molar-refractivity contribution is 5.85. The molecule has 1 aliphatic heterocycles. The Morgan fingerprint density at radius 1 is 1.67 bits per heavy atom. The summed E-state index contributed by atoms with van der Waals surface area (Å²) in [6, 6.07) is 0.458. The van der Waals surface area contributed by atoms with Gasteiger partial charge in [0.05, 0.1) is 13.2 Å². The predicted octanol–water partition coefficient (Wildman–Crippen LogP) is 0.701. The standard InChI is InChI=1S/C10H20N2O2.ClH/c1-3-8(2)12-10(13)6-9-7-14-5-4-11-9;/h8-9,11H,3-7H2,1-2H3,(H,12,13);1H. The molecule has 1 fully saturated rings. The molecule has 2 N–H and O–H groups in total. The van der Waals surface area contributed by atoms with Crippen molar-refractivity contribution in [2.45, 2.75) is 38.8 Å². The zero-order valence-electron chi connectivity index (χ0n) is 9.41. The number of morpholine rings is 1. The second-order valence-corrected chi connectivity index (χ2v) is 3.81. The molecule has 0 spiro atoms. The molecule has 4 nitrogen and oxygen atoms in total. The van der Waals surface area contributed by atoms with E-state index in [0.29, 0.717) is 13.0 Å². The minimum absolute atomic E-state index is 0. The smallest absolute Gasteiger partial charge is 0.221 e. The second-order valence-electron chi connectivity index (χ2n) is 3.81. The lowest BCUT2D eigenvalue weighted by molar-refractivity contribution is -0.122. The van der Waals surface area contributed by atoms with Crippen molar-refractivity contribution in [3.05, 3.63) is 0 Å². The van der Waals surface area contributed by atoms with Crippen LogP contribution in [0, 0.1) is 0 Å². The zero-order valence-corrected chi connectivity index (χ0v) is 10.2. The van der Waals surface area contributed by atoms with Crippen LogP contribution in [-0.4, -0.2) is 37.7 Å². The molecular weight excluding hydrogens is 216 g/mol. The van der Waals surface area contributed by atoms with Crippen LogP contribution in [0.15, 0.2) is 0 Å². The third kappa shape index (κ3) is 5.97. The maximum absolute atomic E-state index is 11.5. The van der Waals surface area contributed by atoms with Gasteiger partial charge in [0.25, 0.3) is 0 Å². The van der Waals surface area contributed by atoms with Crippen LogP contribution in [0.2, 0.25) is 0 Å². The SMILES string of the molecule is CCC(C)NC(=O)CC1COCCN1.Cl. The van der Waals surface area contributed by atoms with Crippen molar-refractivity contribution in [1.82, 2.24) is 10.6 Å². The highest BCUT2D eigenvalue weighted by Crippen LogP contribution is 1.99. The van der Waals surface area contributed by atoms with Crippen LogP contribution in [-0.2, 0) is 9.53 Å². The Bertz CT molecular complexity index is 184. The van der Waals surface area contributed by atoms with E-state index >= 15 is 0 Å². The number of amides is 1. The highest BCUT2D eigenvalue weighted by atomic mass is 35.5. The fourth-order valence-electron chi connectivity index (χ4n) is 1.41. The Balaban J connectivity index is 0.00000196. The van der Waals surface area contributed by atoms with Crippen molar-refractivity contribution < 1.29 is 9.53 Å². The first kappa shape index (κ1) is 14.7. The molecule has 5 heteroatoms. The van der Waals surface area contributed by atoms with E-state index in [9.17, 15) is 4.79 Å². The molecule has 15 heavy (non-hydrogen) atoms. The average molecular weight is 237 g/mol. The molecule has 1 aliphatic rings. The van der Waals surface area contributed by atoms with E-state index in [1.165, 1.54) is 0 Å². The van der Waals surface area contributed by atoms with Gasteiger partial charge in [-0.25, -0.2) is 0 Å². The summed E-state index contributed by atoms with van der Waals surface area (Å²) in [6.45, 7) is 6.33.